The van der Waals surface area contributed by atoms with E-state index in [0.29, 0.717) is 19.5 Å². The van der Waals surface area contributed by atoms with Crippen molar-refractivity contribution in [3.8, 4) is 0 Å². The lowest BCUT2D eigenvalue weighted by Crippen LogP contribution is -2.40. The molecule has 0 N–H and O–H groups in total. The van der Waals surface area contributed by atoms with Crippen molar-refractivity contribution in [1.82, 2.24) is 4.90 Å². The van der Waals surface area contributed by atoms with Gasteiger partial charge in [-0.15, -0.1) is 0 Å². The van der Waals surface area contributed by atoms with Crippen LogP contribution in [0.5, 0.6) is 0 Å². The predicted molar refractivity (Wildman–Crippen MR) is 71.8 cm³/mol. The minimum Gasteiger partial charge on any atom is -0.469 e. The van der Waals surface area contributed by atoms with Gasteiger partial charge in [0.2, 0.25) is 0 Å². The number of carbonyl (C=O) groups excluding carboxylic acids is 2. The Labute approximate surface area is 114 Å². The number of likely N-dealkylation sites (tertiary alicyclic amines) is 1. The summed E-state index contributed by atoms with van der Waals surface area (Å²) < 4.78 is 9.91. The molecule has 0 unspecified atom stereocenters. The molecular formula is C14H23NO4. The van der Waals surface area contributed by atoms with E-state index < -0.39 is 5.60 Å². The van der Waals surface area contributed by atoms with E-state index in [1.807, 2.05) is 26.8 Å². The number of nitrogens with zero attached hydrogens (tertiary/aromatic N) is 1. The highest BCUT2D eigenvalue weighted by atomic mass is 16.6. The molecule has 19 heavy (non-hydrogen) atoms. The van der Waals surface area contributed by atoms with Crippen LogP contribution in [-0.2, 0) is 14.3 Å². The summed E-state index contributed by atoms with van der Waals surface area (Å²) in [5.74, 6) is -0.234. The summed E-state index contributed by atoms with van der Waals surface area (Å²) in [6.07, 6.45) is 3.52. The Morgan fingerprint density at radius 3 is 2.32 bits per heavy atom. The standard InChI is InChI=1S/C14H23NO4/c1-14(2,3)19-13(17)15-9-7-11(8-10-15)5-6-12(16)18-4/h5H,6-10H2,1-4H3. The number of ether oxygens (including phenoxy) is 2. The molecule has 5 heteroatoms. The minimum atomic E-state index is -0.460. The highest BCUT2D eigenvalue weighted by Gasteiger charge is 2.24. The summed E-state index contributed by atoms with van der Waals surface area (Å²) in [7, 11) is 1.38. The highest BCUT2D eigenvalue weighted by Crippen LogP contribution is 2.19. The lowest BCUT2D eigenvalue weighted by molar-refractivity contribution is -0.139. The number of rotatable bonds is 2. The summed E-state index contributed by atoms with van der Waals surface area (Å²) in [4.78, 5) is 24.6. The van der Waals surface area contributed by atoms with Crippen molar-refractivity contribution in [2.45, 2.75) is 45.6 Å². The normalized spacial score (nSPS) is 16.0. The molecule has 1 rings (SSSR count). The maximum Gasteiger partial charge on any atom is 0.410 e. The lowest BCUT2D eigenvalue weighted by Gasteiger charge is -2.31. The van der Waals surface area contributed by atoms with Gasteiger partial charge in [0, 0.05) is 13.1 Å². The molecule has 1 fully saturated rings. The summed E-state index contributed by atoms with van der Waals surface area (Å²) in [5.41, 5.74) is 0.739. The van der Waals surface area contributed by atoms with Crippen LogP contribution in [0.15, 0.2) is 11.6 Å². The highest BCUT2D eigenvalue weighted by molar-refractivity contribution is 5.71. The van der Waals surface area contributed by atoms with Gasteiger partial charge in [0.05, 0.1) is 13.5 Å². The van der Waals surface area contributed by atoms with Gasteiger partial charge < -0.3 is 14.4 Å². The van der Waals surface area contributed by atoms with Gasteiger partial charge in [-0.05, 0) is 33.6 Å². The van der Waals surface area contributed by atoms with E-state index in [1.54, 1.807) is 4.90 Å². The second-order valence-electron chi connectivity index (χ2n) is 5.61. The third-order valence-corrected chi connectivity index (χ3v) is 2.84. The smallest absolute Gasteiger partial charge is 0.410 e. The molecule has 1 aliphatic heterocycles. The number of hydrogen-bond acceptors (Lipinski definition) is 4. The van der Waals surface area contributed by atoms with Crippen LogP contribution in [0.3, 0.4) is 0 Å². The van der Waals surface area contributed by atoms with Crippen LogP contribution in [0.1, 0.15) is 40.0 Å². The van der Waals surface area contributed by atoms with E-state index in [0.717, 1.165) is 12.8 Å². The Hall–Kier alpha value is -1.52. The van der Waals surface area contributed by atoms with Gasteiger partial charge in [-0.25, -0.2) is 4.79 Å². The van der Waals surface area contributed by atoms with Gasteiger partial charge in [-0.3, -0.25) is 4.79 Å². The third kappa shape index (κ3) is 5.77. The molecule has 0 spiro atoms. The van der Waals surface area contributed by atoms with Crippen LogP contribution in [-0.4, -0.2) is 42.8 Å². The molecule has 1 amide bonds. The number of amides is 1. The molecule has 0 atom stereocenters. The molecule has 1 heterocycles. The van der Waals surface area contributed by atoms with Crippen molar-refractivity contribution in [2.75, 3.05) is 20.2 Å². The zero-order valence-electron chi connectivity index (χ0n) is 12.2. The largest absolute Gasteiger partial charge is 0.469 e. The zero-order chi connectivity index (χ0) is 14.5. The van der Waals surface area contributed by atoms with Crippen LogP contribution >= 0.6 is 0 Å². The van der Waals surface area contributed by atoms with Crippen molar-refractivity contribution in [3.05, 3.63) is 11.6 Å². The van der Waals surface area contributed by atoms with Gasteiger partial charge in [0.25, 0.3) is 0 Å². The Morgan fingerprint density at radius 2 is 1.84 bits per heavy atom. The molecule has 0 aromatic carbocycles. The summed E-state index contributed by atoms with van der Waals surface area (Å²) in [6, 6.07) is 0. The van der Waals surface area contributed by atoms with E-state index in [1.165, 1.54) is 12.7 Å². The lowest BCUT2D eigenvalue weighted by atomic mass is 10.0. The van der Waals surface area contributed by atoms with Gasteiger partial charge in [-0.2, -0.15) is 0 Å². The fraction of sp³-hybridized carbons (Fsp3) is 0.714. The topological polar surface area (TPSA) is 55.8 Å². The average Bonchev–Trinajstić information content (AvgIpc) is 2.34. The summed E-state index contributed by atoms with van der Waals surface area (Å²) in [5, 5.41) is 0. The SMILES string of the molecule is COC(=O)CC=C1CCN(C(=O)OC(C)(C)C)CC1. The van der Waals surface area contributed by atoms with E-state index in [-0.39, 0.29) is 12.1 Å². The molecule has 1 saturated heterocycles. The molecule has 0 radical (unpaired) electrons. The van der Waals surface area contributed by atoms with Gasteiger partial charge in [-0.1, -0.05) is 11.6 Å². The van der Waals surface area contributed by atoms with Gasteiger partial charge in [0.15, 0.2) is 0 Å². The first-order chi connectivity index (χ1) is 8.81. The molecule has 0 aromatic rings. The van der Waals surface area contributed by atoms with Crippen LogP contribution in [0.2, 0.25) is 0 Å². The van der Waals surface area contributed by atoms with Crippen molar-refractivity contribution in [3.63, 3.8) is 0 Å². The van der Waals surface area contributed by atoms with Crippen molar-refractivity contribution >= 4 is 12.1 Å². The Bertz CT molecular complexity index is 358. The first kappa shape index (κ1) is 15.5. The number of carbonyl (C=O) groups is 2. The number of methoxy groups -OCH3 is 1. The Kier molecular flexibility index (Phi) is 5.39. The van der Waals surface area contributed by atoms with Crippen LogP contribution in [0.4, 0.5) is 4.79 Å². The molecule has 0 bridgehead atoms. The van der Waals surface area contributed by atoms with E-state index in [2.05, 4.69) is 4.74 Å². The van der Waals surface area contributed by atoms with Crippen molar-refractivity contribution in [1.29, 1.82) is 0 Å². The Morgan fingerprint density at radius 1 is 1.26 bits per heavy atom. The monoisotopic (exact) mass is 269 g/mol. The third-order valence-electron chi connectivity index (χ3n) is 2.84. The molecule has 0 aliphatic carbocycles. The first-order valence-electron chi connectivity index (χ1n) is 6.54. The number of piperidine rings is 1. The molecule has 0 saturated carbocycles. The molecule has 0 aromatic heterocycles. The zero-order valence-corrected chi connectivity index (χ0v) is 12.2. The van der Waals surface area contributed by atoms with Crippen molar-refractivity contribution < 1.29 is 19.1 Å². The van der Waals surface area contributed by atoms with Crippen LogP contribution < -0.4 is 0 Å². The predicted octanol–water partition coefficient (Wildman–Crippen LogP) is 2.51. The van der Waals surface area contributed by atoms with Crippen LogP contribution in [0, 0.1) is 0 Å². The second kappa shape index (κ2) is 6.59. The second-order valence-corrected chi connectivity index (χ2v) is 5.61. The van der Waals surface area contributed by atoms with Crippen molar-refractivity contribution in [2.24, 2.45) is 0 Å². The quantitative estimate of drug-likeness (QED) is 0.571. The maximum absolute atomic E-state index is 11.8. The average molecular weight is 269 g/mol. The molecule has 108 valence electrons. The fourth-order valence-electron chi connectivity index (χ4n) is 1.82. The summed E-state index contributed by atoms with van der Waals surface area (Å²) in [6.45, 7) is 6.85. The number of hydrogen-bond donors (Lipinski definition) is 0. The van der Waals surface area contributed by atoms with Gasteiger partial charge in [0.1, 0.15) is 5.60 Å². The first-order valence-corrected chi connectivity index (χ1v) is 6.54. The van der Waals surface area contributed by atoms with Crippen LogP contribution in [0.25, 0.3) is 0 Å². The van der Waals surface area contributed by atoms with E-state index in [9.17, 15) is 9.59 Å². The van der Waals surface area contributed by atoms with E-state index >= 15 is 0 Å². The fourth-order valence-corrected chi connectivity index (χ4v) is 1.82. The maximum atomic E-state index is 11.8. The molecule has 1 aliphatic rings. The summed E-state index contributed by atoms with van der Waals surface area (Å²) >= 11 is 0. The van der Waals surface area contributed by atoms with E-state index in [4.69, 9.17) is 4.74 Å². The number of esters is 1. The Balaban J connectivity index is 2.40. The van der Waals surface area contributed by atoms with Gasteiger partial charge >= 0.3 is 12.1 Å². The molecule has 5 nitrogen and oxygen atoms in total. The molecular weight excluding hydrogens is 246 g/mol. The minimum absolute atomic E-state index is 0.234.